The molecule has 3 amide bonds. The molecule has 0 aromatic heterocycles. The molecule has 0 spiro atoms. The maximum absolute atomic E-state index is 11.7. The van der Waals surface area contributed by atoms with Crippen LogP contribution in [0.4, 0.5) is 0 Å². The van der Waals surface area contributed by atoms with E-state index < -0.39 is 6.04 Å². The fourth-order valence-electron chi connectivity index (χ4n) is 2.26. The molecule has 9 heteroatoms. The topological polar surface area (TPSA) is 132 Å². The highest BCUT2D eigenvalue weighted by Crippen LogP contribution is 2.02. The van der Waals surface area contributed by atoms with Crippen LogP contribution in [-0.2, 0) is 23.9 Å². The summed E-state index contributed by atoms with van der Waals surface area (Å²) >= 11 is 0. The van der Waals surface area contributed by atoms with Crippen LogP contribution in [0.5, 0.6) is 0 Å². The SMILES string of the molecule is C=C(C)C(=O)NCCCCNC(=O)COCCOCCNC(=O)C(N)CC(C)C. The van der Waals surface area contributed by atoms with Gasteiger partial charge in [0.2, 0.25) is 17.7 Å². The number of amides is 3. The molecule has 168 valence electrons. The molecule has 0 heterocycles. The number of hydrogen-bond donors (Lipinski definition) is 4. The molecule has 0 fully saturated rings. The fourth-order valence-corrected chi connectivity index (χ4v) is 2.26. The zero-order chi connectivity index (χ0) is 22.1. The van der Waals surface area contributed by atoms with Gasteiger partial charge in [0, 0.05) is 25.2 Å². The molecule has 1 unspecified atom stereocenters. The first kappa shape index (κ1) is 27.0. The standard InChI is InChI=1S/C20H38N4O5/c1-15(2)13-17(21)20(27)24-9-10-28-11-12-29-14-18(25)22-7-5-6-8-23-19(26)16(3)4/h15,17H,3,5-14,21H2,1-2,4H3,(H,22,25)(H,23,26)(H,24,27). The Morgan fingerprint density at radius 1 is 0.931 bits per heavy atom. The van der Waals surface area contributed by atoms with Gasteiger partial charge in [0.15, 0.2) is 0 Å². The van der Waals surface area contributed by atoms with Crippen molar-refractivity contribution >= 4 is 17.7 Å². The molecule has 0 bridgehead atoms. The Morgan fingerprint density at radius 3 is 2.17 bits per heavy atom. The van der Waals surface area contributed by atoms with E-state index in [1.807, 2.05) is 13.8 Å². The van der Waals surface area contributed by atoms with Crippen molar-refractivity contribution < 1.29 is 23.9 Å². The second-order valence-corrected chi connectivity index (χ2v) is 7.29. The summed E-state index contributed by atoms with van der Waals surface area (Å²) in [6, 6.07) is -0.494. The van der Waals surface area contributed by atoms with E-state index >= 15 is 0 Å². The second-order valence-electron chi connectivity index (χ2n) is 7.29. The Hall–Kier alpha value is -1.97. The summed E-state index contributed by atoms with van der Waals surface area (Å²) in [7, 11) is 0. The van der Waals surface area contributed by atoms with Gasteiger partial charge in [-0.3, -0.25) is 14.4 Å². The average molecular weight is 415 g/mol. The number of hydrogen-bond acceptors (Lipinski definition) is 6. The van der Waals surface area contributed by atoms with Crippen LogP contribution < -0.4 is 21.7 Å². The number of rotatable bonds is 17. The highest BCUT2D eigenvalue weighted by molar-refractivity contribution is 5.92. The Labute approximate surface area is 174 Å². The molecule has 0 aliphatic heterocycles. The van der Waals surface area contributed by atoms with Gasteiger partial charge in [-0.25, -0.2) is 0 Å². The highest BCUT2D eigenvalue weighted by atomic mass is 16.5. The first-order valence-electron chi connectivity index (χ1n) is 10.1. The molecule has 29 heavy (non-hydrogen) atoms. The van der Waals surface area contributed by atoms with Gasteiger partial charge in [0.05, 0.1) is 25.9 Å². The van der Waals surface area contributed by atoms with Gasteiger partial charge >= 0.3 is 0 Å². The average Bonchev–Trinajstić information content (AvgIpc) is 2.65. The molecule has 9 nitrogen and oxygen atoms in total. The van der Waals surface area contributed by atoms with Crippen LogP contribution in [0.3, 0.4) is 0 Å². The number of carbonyl (C=O) groups excluding carboxylic acids is 3. The van der Waals surface area contributed by atoms with E-state index in [4.69, 9.17) is 15.2 Å². The van der Waals surface area contributed by atoms with Crippen LogP contribution in [0.25, 0.3) is 0 Å². The number of ether oxygens (including phenoxy) is 2. The van der Waals surface area contributed by atoms with E-state index in [2.05, 4.69) is 22.5 Å². The maximum Gasteiger partial charge on any atom is 0.246 e. The van der Waals surface area contributed by atoms with E-state index in [1.54, 1.807) is 6.92 Å². The lowest BCUT2D eigenvalue weighted by Crippen LogP contribution is -2.42. The lowest BCUT2D eigenvalue weighted by Gasteiger charge is -2.14. The van der Waals surface area contributed by atoms with Crippen molar-refractivity contribution in [3.63, 3.8) is 0 Å². The Kier molecular flexibility index (Phi) is 15.8. The Balaban J connectivity index is 3.44. The summed E-state index contributed by atoms with van der Waals surface area (Å²) in [6.45, 7) is 11.7. The minimum atomic E-state index is -0.494. The van der Waals surface area contributed by atoms with Crippen molar-refractivity contribution in [3.05, 3.63) is 12.2 Å². The minimum Gasteiger partial charge on any atom is -0.377 e. The predicted octanol–water partition coefficient (Wildman–Crippen LogP) is 0.0979. The maximum atomic E-state index is 11.7. The molecule has 0 saturated heterocycles. The smallest absolute Gasteiger partial charge is 0.246 e. The summed E-state index contributed by atoms with van der Waals surface area (Å²) in [4.78, 5) is 34.6. The van der Waals surface area contributed by atoms with Crippen LogP contribution >= 0.6 is 0 Å². The fraction of sp³-hybridized carbons (Fsp3) is 0.750. The van der Waals surface area contributed by atoms with Gasteiger partial charge in [-0.05, 0) is 32.1 Å². The monoisotopic (exact) mass is 414 g/mol. The third-order valence-corrected chi connectivity index (χ3v) is 3.81. The van der Waals surface area contributed by atoms with Gasteiger partial charge in [-0.2, -0.15) is 0 Å². The van der Waals surface area contributed by atoms with Crippen LogP contribution in [0.1, 0.15) is 40.0 Å². The highest BCUT2D eigenvalue weighted by Gasteiger charge is 2.13. The third kappa shape index (κ3) is 16.7. The van der Waals surface area contributed by atoms with Crippen molar-refractivity contribution in [2.75, 3.05) is 46.1 Å². The lowest BCUT2D eigenvalue weighted by atomic mass is 10.0. The molecule has 0 rings (SSSR count). The van der Waals surface area contributed by atoms with Crippen molar-refractivity contribution in [3.8, 4) is 0 Å². The van der Waals surface area contributed by atoms with Crippen LogP contribution in [0, 0.1) is 5.92 Å². The summed E-state index contributed by atoms with van der Waals surface area (Å²) in [5.74, 6) is -0.145. The van der Waals surface area contributed by atoms with Crippen LogP contribution in [0.2, 0.25) is 0 Å². The molecule has 0 saturated carbocycles. The largest absolute Gasteiger partial charge is 0.377 e. The summed E-state index contributed by atoms with van der Waals surface area (Å²) < 4.78 is 10.6. The second kappa shape index (κ2) is 16.9. The van der Waals surface area contributed by atoms with Crippen LogP contribution in [-0.4, -0.2) is 69.8 Å². The number of nitrogens with one attached hydrogen (secondary N) is 3. The molecule has 1 atom stereocenters. The summed E-state index contributed by atoms with van der Waals surface area (Å²) in [5.41, 5.74) is 6.26. The van der Waals surface area contributed by atoms with Gasteiger partial charge in [-0.1, -0.05) is 20.4 Å². The van der Waals surface area contributed by atoms with E-state index in [0.717, 1.165) is 12.8 Å². The first-order chi connectivity index (χ1) is 13.7. The molecule has 5 N–H and O–H groups in total. The lowest BCUT2D eigenvalue weighted by molar-refractivity contribution is -0.126. The van der Waals surface area contributed by atoms with Crippen molar-refractivity contribution in [2.45, 2.75) is 46.1 Å². The number of unbranched alkanes of at least 4 members (excludes halogenated alkanes) is 1. The Morgan fingerprint density at radius 2 is 1.55 bits per heavy atom. The molecular weight excluding hydrogens is 376 g/mol. The van der Waals surface area contributed by atoms with Crippen molar-refractivity contribution in [1.82, 2.24) is 16.0 Å². The van der Waals surface area contributed by atoms with E-state index in [1.165, 1.54) is 0 Å². The molecule has 0 aromatic carbocycles. The zero-order valence-corrected chi connectivity index (χ0v) is 18.1. The molecule has 0 aliphatic rings. The molecule has 0 aliphatic carbocycles. The zero-order valence-electron chi connectivity index (χ0n) is 18.1. The minimum absolute atomic E-state index is 0.0312. The van der Waals surface area contributed by atoms with Crippen molar-refractivity contribution in [1.29, 1.82) is 0 Å². The van der Waals surface area contributed by atoms with E-state index in [-0.39, 0.29) is 24.3 Å². The van der Waals surface area contributed by atoms with Crippen LogP contribution in [0.15, 0.2) is 12.2 Å². The molecule has 0 aromatic rings. The quantitative estimate of drug-likeness (QED) is 0.197. The first-order valence-corrected chi connectivity index (χ1v) is 10.1. The van der Waals surface area contributed by atoms with E-state index in [0.29, 0.717) is 57.4 Å². The third-order valence-electron chi connectivity index (χ3n) is 3.81. The summed E-state index contributed by atoms with van der Waals surface area (Å²) in [5, 5.41) is 8.20. The number of carbonyl (C=O) groups is 3. The molecule has 0 radical (unpaired) electrons. The van der Waals surface area contributed by atoms with Gasteiger partial charge in [0.25, 0.3) is 0 Å². The normalized spacial score (nSPS) is 11.8. The summed E-state index contributed by atoms with van der Waals surface area (Å²) in [6.07, 6.45) is 2.18. The van der Waals surface area contributed by atoms with Crippen molar-refractivity contribution in [2.24, 2.45) is 11.7 Å². The van der Waals surface area contributed by atoms with E-state index in [9.17, 15) is 14.4 Å². The van der Waals surface area contributed by atoms with Gasteiger partial charge in [-0.15, -0.1) is 0 Å². The Bertz CT molecular complexity index is 511. The molecular formula is C20H38N4O5. The van der Waals surface area contributed by atoms with Gasteiger partial charge < -0.3 is 31.2 Å². The van der Waals surface area contributed by atoms with Gasteiger partial charge in [0.1, 0.15) is 6.61 Å². The number of nitrogens with two attached hydrogens (primary N) is 1. The predicted molar refractivity (Wildman–Crippen MR) is 112 cm³/mol.